The van der Waals surface area contributed by atoms with Crippen LogP contribution in [0.15, 0.2) is 65.3 Å². The standard InChI is InChI=1S/C16H20N4O/c1-5-13(21)9-14-11(2)18-15(19-16(14)20(3)4)12-7-6-8-17-10-12/h5-10,16,21H,2H2,1,3-4H3,(H,18,19)/b13-5+,14-9+. The van der Waals surface area contributed by atoms with Crippen LogP contribution in [0.25, 0.3) is 0 Å². The molecule has 0 saturated carbocycles. The van der Waals surface area contributed by atoms with E-state index in [2.05, 4.69) is 16.9 Å². The Morgan fingerprint density at radius 2 is 2.24 bits per heavy atom. The Morgan fingerprint density at radius 1 is 1.48 bits per heavy atom. The van der Waals surface area contributed by atoms with Gasteiger partial charge in [-0.2, -0.15) is 0 Å². The largest absolute Gasteiger partial charge is 0.508 e. The van der Waals surface area contributed by atoms with Gasteiger partial charge in [0.15, 0.2) is 0 Å². The van der Waals surface area contributed by atoms with E-state index in [0.717, 1.165) is 22.7 Å². The summed E-state index contributed by atoms with van der Waals surface area (Å²) in [7, 11) is 3.88. The van der Waals surface area contributed by atoms with E-state index < -0.39 is 0 Å². The number of aliphatic hydroxyl groups is 1. The lowest BCUT2D eigenvalue weighted by Gasteiger charge is -2.31. The molecule has 110 valence electrons. The van der Waals surface area contributed by atoms with Gasteiger partial charge in [0.25, 0.3) is 0 Å². The van der Waals surface area contributed by atoms with Gasteiger partial charge in [0.1, 0.15) is 17.8 Å². The summed E-state index contributed by atoms with van der Waals surface area (Å²) in [5.41, 5.74) is 2.46. The monoisotopic (exact) mass is 284 g/mol. The van der Waals surface area contributed by atoms with E-state index in [9.17, 15) is 5.11 Å². The molecule has 2 N–H and O–H groups in total. The predicted molar refractivity (Wildman–Crippen MR) is 85.0 cm³/mol. The number of aromatic nitrogens is 1. The Balaban J connectivity index is 2.45. The molecule has 21 heavy (non-hydrogen) atoms. The molecule has 0 amide bonds. The quantitative estimate of drug-likeness (QED) is 0.836. The van der Waals surface area contributed by atoms with E-state index in [0.29, 0.717) is 0 Å². The topological polar surface area (TPSA) is 60.8 Å². The number of aliphatic hydroxyl groups excluding tert-OH is 1. The zero-order valence-corrected chi connectivity index (χ0v) is 12.5. The Kier molecular flexibility index (Phi) is 4.55. The maximum atomic E-state index is 9.75. The van der Waals surface area contributed by atoms with Gasteiger partial charge < -0.3 is 10.4 Å². The highest BCUT2D eigenvalue weighted by atomic mass is 16.3. The number of hydrogen-bond acceptors (Lipinski definition) is 5. The summed E-state index contributed by atoms with van der Waals surface area (Å²) in [6.45, 7) is 5.82. The number of likely N-dealkylation sites (N-methyl/N-ethyl adjacent to an activating group) is 1. The van der Waals surface area contributed by atoms with Crippen LogP contribution in [0, 0.1) is 0 Å². The minimum atomic E-state index is -0.212. The highest BCUT2D eigenvalue weighted by Crippen LogP contribution is 2.23. The second kappa shape index (κ2) is 6.37. The smallest absolute Gasteiger partial charge is 0.136 e. The number of aliphatic imine (C=N–C) groups is 1. The van der Waals surface area contributed by atoms with Gasteiger partial charge in [-0.15, -0.1) is 0 Å². The average Bonchev–Trinajstić information content (AvgIpc) is 2.49. The number of rotatable bonds is 3. The van der Waals surface area contributed by atoms with Crippen LogP contribution in [0.1, 0.15) is 12.5 Å². The third-order valence-corrected chi connectivity index (χ3v) is 3.17. The van der Waals surface area contributed by atoms with Crippen LogP contribution >= 0.6 is 0 Å². The Bertz CT molecular complexity index is 614. The maximum Gasteiger partial charge on any atom is 0.136 e. The van der Waals surface area contributed by atoms with Gasteiger partial charge in [0.05, 0.1) is 0 Å². The van der Waals surface area contributed by atoms with Crippen molar-refractivity contribution in [2.75, 3.05) is 14.1 Å². The van der Waals surface area contributed by atoms with Crippen molar-refractivity contribution >= 4 is 5.84 Å². The van der Waals surface area contributed by atoms with Crippen molar-refractivity contribution in [2.45, 2.75) is 13.1 Å². The van der Waals surface area contributed by atoms with Gasteiger partial charge in [-0.3, -0.25) is 9.88 Å². The maximum absolute atomic E-state index is 9.75. The molecule has 5 nitrogen and oxygen atoms in total. The summed E-state index contributed by atoms with van der Waals surface area (Å²) in [6, 6.07) is 3.81. The number of allylic oxidation sites excluding steroid dienone is 2. The van der Waals surface area contributed by atoms with Crippen LogP contribution < -0.4 is 5.32 Å². The molecule has 2 heterocycles. The fraction of sp³-hybridized carbons (Fsp3) is 0.250. The molecule has 1 aromatic rings. The molecule has 0 aliphatic carbocycles. The van der Waals surface area contributed by atoms with Gasteiger partial charge in [-0.05, 0) is 45.3 Å². The third-order valence-electron chi connectivity index (χ3n) is 3.17. The Hall–Kier alpha value is -2.40. The van der Waals surface area contributed by atoms with Crippen LogP contribution in [-0.2, 0) is 0 Å². The van der Waals surface area contributed by atoms with Gasteiger partial charge in [0, 0.05) is 29.2 Å². The van der Waals surface area contributed by atoms with Crippen molar-refractivity contribution in [2.24, 2.45) is 4.99 Å². The molecule has 0 spiro atoms. The van der Waals surface area contributed by atoms with Gasteiger partial charge in [0.2, 0.25) is 0 Å². The number of pyridine rings is 1. The number of amidine groups is 1. The molecule has 1 aliphatic rings. The zero-order chi connectivity index (χ0) is 15.4. The fourth-order valence-electron chi connectivity index (χ4n) is 2.04. The summed E-state index contributed by atoms with van der Waals surface area (Å²) in [5.74, 6) is 0.920. The van der Waals surface area contributed by atoms with Crippen molar-refractivity contribution in [1.29, 1.82) is 0 Å². The number of nitrogens with one attached hydrogen (secondary N) is 1. The molecule has 1 atom stereocenters. The summed E-state index contributed by atoms with van der Waals surface area (Å²) >= 11 is 0. The van der Waals surface area contributed by atoms with Crippen molar-refractivity contribution in [1.82, 2.24) is 15.2 Å². The molecule has 0 fully saturated rings. The molecule has 0 aromatic carbocycles. The van der Waals surface area contributed by atoms with Crippen LogP contribution in [-0.4, -0.2) is 41.1 Å². The molecule has 1 aliphatic heterocycles. The van der Waals surface area contributed by atoms with E-state index in [1.165, 1.54) is 0 Å². The highest BCUT2D eigenvalue weighted by Gasteiger charge is 2.25. The second-order valence-corrected chi connectivity index (χ2v) is 4.97. The number of hydrogen-bond donors (Lipinski definition) is 2. The predicted octanol–water partition coefficient (Wildman–Crippen LogP) is 2.22. The molecule has 1 unspecified atom stereocenters. The lowest BCUT2D eigenvalue weighted by atomic mass is 10.1. The molecule has 5 heteroatoms. The molecule has 0 bridgehead atoms. The highest BCUT2D eigenvalue weighted by molar-refractivity contribution is 6.01. The minimum absolute atomic E-state index is 0.194. The Morgan fingerprint density at radius 3 is 2.81 bits per heavy atom. The summed E-state index contributed by atoms with van der Waals surface area (Å²) in [6.07, 6.45) is 6.58. The molecular formula is C16H20N4O. The van der Waals surface area contributed by atoms with Gasteiger partial charge in [-0.25, -0.2) is 4.99 Å². The van der Waals surface area contributed by atoms with Crippen LogP contribution in [0.3, 0.4) is 0 Å². The van der Waals surface area contributed by atoms with Gasteiger partial charge >= 0.3 is 0 Å². The van der Waals surface area contributed by atoms with E-state index >= 15 is 0 Å². The molecule has 2 rings (SSSR count). The van der Waals surface area contributed by atoms with E-state index in [-0.39, 0.29) is 11.9 Å². The van der Waals surface area contributed by atoms with Crippen LogP contribution in [0.4, 0.5) is 0 Å². The normalized spacial score (nSPS) is 21.4. The zero-order valence-electron chi connectivity index (χ0n) is 12.5. The molecule has 0 radical (unpaired) electrons. The first-order valence-electron chi connectivity index (χ1n) is 6.70. The van der Waals surface area contributed by atoms with Crippen LogP contribution in [0.5, 0.6) is 0 Å². The summed E-state index contributed by atoms with van der Waals surface area (Å²) in [5, 5.41) is 12.9. The molecular weight excluding hydrogens is 264 g/mol. The summed E-state index contributed by atoms with van der Waals surface area (Å²) in [4.78, 5) is 10.8. The van der Waals surface area contributed by atoms with Crippen molar-refractivity contribution in [3.8, 4) is 0 Å². The lowest BCUT2D eigenvalue weighted by Crippen LogP contribution is -2.40. The number of nitrogens with zero attached hydrogens (tertiary/aromatic N) is 3. The molecule has 1 aromatic heterocycles. The Labute approximate surface area is 125 Å². The SMILES string of the molecule is C=C1NC(c2cccnc2)=NC(N(C)C)/C1=C/C(O)=C\C. The lowest BCUT2D eigenvalue weighted by molar-refractivity contribution is 0.335. The first-order valence-corrected chi connectivity index (χ1v) is 6.70. The van der Waals surface area contributed by atoms with Crippen molar-refractivity contribution < 1.29 is 5.11 Å². The first kappa shape index (κ1) is 15.0. The average molecular weight is 284 g/mol. The minimum Gasteiger partial charge on any atom is -0.508 e. The van der Waals surface area contributed by atoms with Gasteiger partial charge in [-0.1, -0.05) is 6.58 Å². The second-order valence-electron chi connectivity index (χ2n) is 4.97. The van der Waals surface area contributed by atoms with Crippen LogP contribution in [0.2, 0.25) is 0 Å². The fourth-order valence-corrected chi connectivity index (χ4v) is 2.04. The third kappa shape index (κ3) is 3.38. The van der Waals surface area contributed by atoms with Crippen molar-refractivity contribution in [3.05, 3.63) is 65.9 Å². The first-order chi connectivity index (χ1) is 10.0. The van der Waals surface area contributed by atoms with E-state index in [1.54, 1.807) is 31.5 Å². The summed E-state index contributed by atoms with van der Waals surface area (Å²) < 4.78 is 0. The van der Waals surface area contributed by atoms with Crippen molar-refractivity contribution in [3.63, 3.8) is 0 Å². The molecule has 0 saturated heterocycles. The van der Waals surface area contributed by atoms with E-state index in [4.69, 9.17) is 4.99 Å². The van der Waals surface area contributed by atoms with E-state index in [1.807, 2.05) is 31.1 Å².